The maximum absolute atomic E-state index is 14.0. The fourth-order valence-corrected chi connectivity index (χ4v) is 6.94. The van der Waals surface area contributed by atoms with Crippen molar-refractivity contribution in [2.45, 2.75) is 30.3 Å². The van der Waals surface area contributed by atoms with Crippen molar-refractivity contribution in [1.29, 1.82) is 0 Å². The summed E-state index contributed by atoms with van der Waals surface area (Å²) < 4.78 is 34.5. The van der Waals surface area contributed by atoms with E-state index in [0.717, 1.165) is 15.8 Å². The van der Waals surface area contributed by atoms with E-state index >= 15 is 0 Å². The number of hydrogen-bond donors (Lipinski definition) is 0. The molecule has 4 aromatic rings. The number of benzene rings is 3. The summed E-state index contributed by atoms with van der Waals surface area (Å²) in [6.07, 6.45) is 1.08. The maximum atomic E-state index is 14.0. The monoisotopic (exact) mass is 507 g/mol. The van der Waals surface area contributed by atoms with Crippen LogP contribution in [0.3, 0.4) is 0 Å². The molecule has 1 aromatic heterocycles. The minimum Gasteiger partial charge on any atom is -0.497 e. The first kappa shape index (κ1) is 23.5. The molecule has 1 atom stereocenters. The number of thiazole rings is 1. The number of amides is 1. The normalized spacial score (nSPS) is 16.4. The molecule has 0 bridgehead atoms. The summed E-state index contributed by atoms with van der Waals surface area (Å²) in [7, 11) is -2.33. The number of para-hydroxylation sites is 1. The van der Waals surface area contributed by atoms with Crippen LogP contribution in [-0.2, 0) is 21.4 Å². The van der Waals surface area contributed by atoms with Gasteiger partial charge >= 0.3 is 0 Å². The van der Waals surface area contributed by atoms with Crippen molar-refractivity contribution in [2.24, 2.45) is 0 Å². The molecule has 1 unspecified atom stereocenters. The Kier molecular flexibility index (Phi) is 6.55. The minimum absolute atomic E-state index is 0.146. The molecule has 2 heterocycles. The fraction of sp³-hybridized carbons (Fsp3) is 0.231. The first-order valence-corrected chi connectivity index (χ1v) is 13.6. The lowest BCUT2D eigenvalue weighted by atomic mass is 10.1. The molecule has 180 valence electrons. The average molecular weight is 508 g/mol. The molecule has 5 rings (SSSR count). The largest absolute Gasteiger partial charge is 0.497 e. The van der Waals surface area contributed by atoms with Crippen molar-refractivity contribution < 1.29 is 17.9 Å². The van der Waals surface area contributed by atoms with Crippen molar-refractivity contribution >= 4 is 42.6 Å². The molecule has 0 aliphatic carbocycles. The minimum atomic E-state index is -3.86. The number of rotatable bonds is 7. The van der Waals surface area contributed by atoms with Crippen LogP contribution in [0.2, 0.25) is 0 Å². The Hall–Kier alpha value is -3.27. The number of fused-ring (bicyclic) bond motifs is 1. The number of carbonyl (C=O) groups is 1. The molecule has 0 spiro atoms. The number of methoxy groups -OCH3 is 1. The zero-order valence-electron chi connectivity index (χ0n) is 19.2. The van der Waals surface area contributed by atoms with Crippen LogP contribution < -0.4 is 9.64 Å². The van der Waals surface area contributed by atoms with Gasteiger partial charge in [-0.3, -0.25) is 9.69 Å². The van der Waals surface area contributed by atoms with Crippen LogP contribution in [-0.4, -0.2) is 43.3 Å². The van der Waals surface area contributed by atoms with Gasteiger partial charge in [0.05, 0.1) is 28.8 Å². The highest BCUT2D eigenvalue weighted by Crippen LogP contribution is 2.33. The van der Waals surface area contributed by atoms with Gasteiger partial charge in [-0.05, 0) is 54.8 Å². The Morgan fingerprint density at radius 3 is 2.49 bits per heavy atom. The highest BCUT2D eigenvalue weighted by atomic mass is 32.2. The van der Waals surface area contributed by atoms with Crippen LogP contribution >= 0.6 is 11.3 Å². The summed E-state index contributed by atoms with van der Waals surface area (Å²) in [5.41, 5.74) is 1.76. The van der Waals surface area contributed by atoms with Gasteiger partial charge in [-0.15, -0.1) is 0 Å². The van der Waals surface area contributed by atoms with E-state index < -0.39 is 16.1 Å². The van der Waals surface area contributed by atoms with E-state index in [0.29, 0.717) is 36.8 Å². The third-order valence-electron chi connectivity index (χ3n) is 6.12. The third-order valence-corrected chi connectivity index (χ3v) is 9.10. The fourth-order valence-electron chi connectivity index (χ4n) is 4.32. The van der Waals surface area contributed by atoms with Gasteiger partial charge in [0, 0.05) is 6.54 Å². The number of aromatic nitrogens is 1. The molecule has 35 heavy (non-hydrogen) atoms. The van der Waals surface area contributed by atoms with Crippen LogP contribution in [0.15, 0.2) is 83.8 Å². The summed E-state index contributed by atoms with van der Waals surface area (Å²) in [4.78, 5) is 20.5. The number of sulfonamides is 1. The Labute approximate surface area is 208 Å². The third kappa shape index (κ3) is 4.67. The van der Waals surface area contributed by atoms with Crippen molar-refractivity contribution in [3.05, 3.63) is 84.4 Å². The SMILES string of the molecule is COc1ccc(S(=O)(=O)N2CCCC2C(=O)N(Cc2ccccc2)c2nc3ccccc3s2)cc1. The maximum Gasteiger partial charge on any atom is 0.247 e. The van der Waals surface area contributed by atoms with E-state index in [9.17, 15) is 13.2 Å². The molecular weight excluding hydrogens is 482 g/mol. The number of hydrogen-bond acceptors (Lipinski definition) is 6. The second kappa shape index (κ2) is 9.77. The first-order chi connectivity index (χ1) is 17.0. The van der Waals surface area contributed by atoms with Gasteiger partial charge in [0.1, 0.15) is 11.8 Å². The molecule has 1 fully saturated rings. The highest BCUT2D eigenvalue weighted by Gasteiger charge is 2.42. The van der Waals surface area contributed by atoms with Crippen LogP contribution in [0.1, 0.15) is 18.4 Å². The molecule has 7 nitrogen and oxygen atoms in total. The summed E-state index contributed by atoms with van der Waals surface area (Å²) in [6, 6.07) is 22.9. The Balaban J connectivity index is 1.50. The molecule has 1 saturated heterocycles. The standard InChI is InChI=1S/C26H25N3O4S2/c1-33-20-13-15-21(16-14-20)35(31,32)29-17-7-11-23(29)25(30)28(18-19-8-3-2-4-9-19)26-27-22-10-5-6-12-24(22)34-26/h2-6,8-10,12-16,23H,7,11,17-18H2,1H3. The molecule has 0 radical (unpaired) electrons. The summed E-state index contributed by atoms with van der Waals surface area (Å²) in [5, 5.41) is 0.564. The van der Waals surface area contributed by atoms with Gasteiger partial charge in [-0.25, -0.2) is 13.4 Å². The van der Waals surface area contributed by atoms with Gasteiger partial charge in [-0.2, -0.15) is 4.31 Å². The second-order valence-corrected chi connectivity index (χ2v) is 11.2. The van der Waals surface area contributed by atoms with Gasteiger partial charge in [0.25, 0.3) is 0 Å². The number of ether oxygens (including phenoxy) is 1. The lowest BCUT2D eigenvalue weighted by Gasteiger charge is -2.28. The molecular formula is C26H25N3O4S2. The van der Waals surface area contributed by atoms with Gasteiger partial charge in [0.15, 0.2) is 5.13 Å². The molecule has 3 aromatic carbocycles. The van der Waals surface area contributed by atoms with Gasteiger partial charge < -0.3 is 4.74 Å². The quantitative estimate of drug-likeness (QED) is 0.363. The lowest BCUT2D eigenvalue weighted by Crippen LogP contribution is -2.47. The molecule has 1 aliphatic rings. The molecule has 9 heteroatoms. The number of nitrogens with zero attached hydrogens (tertiary/aromatic N) is 3. The smallest absolute Gasteiger partial charge is 0.247 e. The average Bonchev–Trinajstić information content (AvgIpc) is 3.55. The summed E-state index contributed by atoms with van der Waals surface area (Å²) in [5.74, 6) is 0.311. The number of anilines is 1. The molecule has 0 saturated carbocycles. The molecule has 1 amide bonds. The van der Waals surface area contributed by atoms with Crippen LogP contribution in [0.5, 0.6) is 5.75 Å². The van der Waals surface area contributed by atoms with E-state index in [-0.39, 0.29) is 10.8 Å². The number of carbonyl (C=O) groups excluding carboxylic acids is 1. The summed E-state index contributed by atoms with van der Waals surface area (Å²) in [6.45, 7) is 0.607. The van der Waals surface area contributed by atoms with Crippen LogP contribution in [0, 0.1) is 0 Å². The lowest BCUT2D eigenvalue weighted by molar-refractivity contribution is -0.121. The zero-order chi connectivity index (χ0) is 24.4. The second-order valence-electron chi connectivity index (χ2n) is 8.32. The zero-order valence-corrected chi connectivity index (χ0v) is 20.8. The van der Waals surface area contributed by atoms with E-state index in [1.807, 2.05) is 54.6 Å². The van der Waals surface area contributed by atoms with Gasteiger partial charge in [0.2, 0.25) is 15.9 Å². The van der Waals surface area contributed by atoms with Gasteiger partial charge in [-0.1, -0.05) is 53.8 Å². The molecule has 0 N–H and O–H groups in total. The Bertz CT molecular complexity index is 1400. The predicted molar refractivity (Wildman–Crippen MR) is 137 cm³/mol. The molecule has 1 aliphatic heterocycles. The van der Waals surface area contributed by atoms with E-state index in [1.54, 1.807) is 17.0 Å². The van der Waals surface area contributed by atoms with Crippen molar-refractivity contribution in [1.82, 2.24) is 9.29 Å². The van der Waals surface area contributed by atoms with E-state index in [2.05, 4.69) is 0 Å². The topological polar surface area (TPSA) is 79.8 Å². The summed E-state index contributed by atoms with van der Waals surface area (Å²) >= 11 is 1.43. The van der Waals surface area contributed by atoms with Crippen molar-refractivity contribution in [2.75, 3.05) is 18.6 Å². The van der Waals surface area contributed by atoms with E-state index in [4.69, 9.17) is 9.72 Å². The Morgan fingerprint density at radius 2 is 1.77 bits per heavy atom. The highest BCUT2D eigenvalue weighted by molar-refractivity contribution is 7.89. The van der Waals surface area contributed by atoms with E-state index in [1.165, 1.54) is 34.9 Å². The van der Waals surface area contributed by atoms with Crippen molar-refractivity contribution in [3.8, 4) is 5.75 Å². The van der Waals surface area contributed by atoms with Crippen molar-refractivity contribution in [3.63, 3.8) is 0 Å². The predicted octanol–water partition coefficient (Wildman–Crippen LogP) is 4.69. The Morgan fingerprint density at radius 1 is 1.06 bits per heavy atom. The van der Waals surface area contributed by atoms with Crippen LogP contribution in [0.25, 0.3) is 10.2 Å². The first-order valence-electron chi connectivity index (χ1n) is 11.3. The van der Waals surface area contributed by atoms with Crippen LogP contribution in [0.4, 0.5) is 5.13 Å².